The minimum Gasteiger partial charge on any atom is -0.406 e. The normalized spacial score (nSPS) is 33.3. The molecule has 0 amide bonds. The maximum absolute atomic E-state index is 10.6. The summed E-state index contributed by atoms with van der Waals surface area (Å²) in [5.41, 5.74) is 1.65. The van der Waals surface area contributed by atoms with E-state index in [9.17, 15) is 4.79 Å². The molecule has 1 heterocycles. The minimum atomic E-state index is -1.56. The summed E-state index contributed by atoms with van der Waals surface area (Å²) < 4.78 is 5.08. The summed E-state index contributed by atoms with van der Waals surface area (Å²) in [5.74, 6) is -0.285. The van der Waals surface area contributed by atoms with Crippen LogP contribution < -0.4 is 0 Å². The summed E-state index contributed by atoms with van der Waals surface area (Å²) in [6.45, 7) is 1.39. The summed E-state index contributed by atoms with van der Waals surface area (Å²) in [4.78, 5) is 14.5. The third-order valence-electron chi connectivity index (χ3n) is 1.09. The smallest absolute Gasteiger partial charge is 0.313 e. The lowest BCUT2D eigenvalue weighted by Gasteiger charge is -2.25. The number of hydrogen-bond acceptors (Lipinski definition) is 4. The summed E-state index contributed by atoms with van der Waals surface area (Å²) in [5, 5.41) is 2.30. The van der Waals surface area contributed by atoms with Crippen molar-refractivity contribution in [3.05, 3.63) is 11.6 Å². The van der Waals surface area contributed by atoms with Crippen LogP contribution in [0, 0.1) is 0 Å². The van der Waals surface area contributed by atoms with Crippen LogP contribution in [-0.4, -0.2) is 16.6 Å². The van der Waals surface area contributed by atoms with Crippen LogP contribution in [0.25, 0.3) is 0 Å². The second-order valence-corrected chi connectivity index (χ2v) is 5.27. The molecule has 0 N–H and O–H groups in total. The maximum Gasteiger partial charge on any atom is 0.313 e. The van der Waals surface area contributed by atoms with Crippen molar-refractivity contribution in [1.82, 2.24) is 0 Å². The Morgan fingerprint density at radius 1 is 1.82 bits per heavy atom. The zero-order valence-electron chi connectivity index (χ0n) is 6.06. The molecular weight excluding hydrogens is 182 g/mol. The van der Waals surface area contributed by atoms with Crippen LogP contribution in [0.3, 0.4) is 0 Å². The molecule has 0 aromatic heterocycles. The summed E-state index contributed by atoms with van der Waals surface area (Å²) in [6.07, 6.45) is 1.63. The zero-order chi connectivity index (χ0) is 8.32. The van der Waals surface area contributed by atoms with E-state index in [1.165, 1.54) is 6.92 Å². The van der Waals surface area contributed by atoms with Crippen molar-refractivity contribution in [2.75, 3.05) is 5.08 Å². The highest BCUT2D eigenvalue weighted by Crippen LogP contribution is 2.51. The standard InChI is InChI=1S/C6H9NO2S2/c1-6(8)9-11(5-10)3-2-7-4-11/h2-4,10H,5H2,1H3. The van der Waals surface area contributed by atoms with E-state index in [-0.39, 0.29) is 5.97 Å². The molecule has 5 heteroatoms. The Balaban J connectivity index is 2.69. The van der Waals surface area contributed by atoms with E-state index in [1.54, 1.807) is 17.2 Å². The van der Waals surface area contributed by atoms with Crippen LogP contribution in [0.4, 0.5) is 0 Å². The molecule has 0 aliphatic carbocycles. The number of rotatable bonds is 2. The van der Waals surface area contributed by atoms with E-state index in [0.717, 1.165) is 0 Å². The van der Waals surface area contributed by atoms with E-state index < -0.39 is 10.3 Å². The van der Waals surface area contributed by atoms with Gasteiger partial charge in [-0.1, -0.05) is 0 Å². The lowest BCUT2D eigenvalue weighted by molar-refractivity contribution is -0.130. The number of nitrogens with zero attached hydrogens (tertiary/aromatic N) is 1. The molecule has 0 spiro atoms. The van der Waals surface area contributed by atoms with Gasteiger partial charge >= 0.3 is 5.97 Å². The van der Waals surface area contributed by atoms with Gasteiger partial charge in [-0.05, 0) is 10.3 Å². The quantitative estimate of drug-likeness (QED) is 0.674. The van der Waals surface area contributed by atoms with E-state index in [0.29, 0.717) is 5.08 Å². The van der Waals surface area contributed by atoms with Gasteiger partial charge in [-0.3, -0.25) is 9.79 Å². The lowest BCUT2D eigenvalue weighted by Crippen LogP contribution is -2.06. The van der Waals surface area contributed by atoms with Gasteiger partial charge < -0.3 is 4.18 Å². The highest BCUT2D eigenvalue weighted by Gasteiger charge is 2.22. The van der Waals surface area contributed by atoms with Crippen molar-refractivity contribution in [1.29, 1.82) is 0 Å². The molecule has 0 aromatic rings. The Hall–Kier alpha value is -0.420. The molecule has 0 radical (unpaired) electrons. The van der Waals surface area contributed by atoms with Crippen LogP contribution in [0.5, 0.6) is 0 Å². The Kier molecular flexibility index (Phi) is 2.62. The van der Waals surface area contributed by atoms with E-state index in [1.807, 2.05) is 0 Å². The molecule has 0 saturated heterocycles. The van der Waals surface area contributed by atoms with Crippen LogP contribution in [-0.2, 0) is 8.98 Å². The second-order valence-electron chi connectivity index (χ2n) is 2.02. The van der Waals surface area contributed by atoms with Gasteiger partial charge in [-0.15, -0.1) is 0 Å². The monoisotopic (exact) mass is 191 g/mol. The third kappa shape index (κ3) is 2.00. The number of hydrogen-bond donors (Lipinski definition) is 1. The molecular formula is C6H9NO2S2. The molecule has 1 unspecified atom stereocenters. The highest BCUT2D eigenvalue weighted by atomic mass is 32.3. The number of carbonyl (C=O) groups is 1. The fourth-order valence-corrected chi connectivity index (χ4v) is 2.66. The second kappa shape index (κ2) is 3.32. The van der Waals surface area contributed by atoms with Crippen LogP contribution in [0.2, 0.25) is 0 Å². The molecule has 1 aliphatic heterocycles. The van der Waals surface area contributed by atoms with E-state index in [4.69, 9.17) is 4.18 Å². The van der Waals surface area contributed by atoms with Crippen molar-refractivity contribution < 1.29 is 8.98 Å². The molecule has 0 aromatic carbocycles. The first kappa shape index (κ1) is 8.67. The van der Waals surface area contributed by atoms with Gasteiger partial charge in [-0.25, -0.2) is 0 Å². The largest absolute Gasteiger partial charge is 0.406 e. The summed E-state index contributed by atoms with van der Waals surface area (Å²) >= 11 is 4.09. The van der Waals surface area contributed by atoms with E-state index >= 15 is 0 Å². The first-order chi connectivity index (χ1) is 5.18. The Morgan fingerprint density at radius 2 is 2.55 bits per heavy atom. The summed E-state index contributed by atoms with van der Waals surface area (Å²) in [7, 11) is -1.56. The Labute approximate surface area is 72.5 Å². The third-order valence-corrected chi connectivity index (χ3v) is 4.31. The Morgan fingerprint density at radius 3 is 2.91 bits per heavy atom. The predicted molar refractivity (Wildman–Crippen MR) is 50.8 cm³/mol. The van der Waals surface area contributed by atoms with Crippen LogP contribution >= 0.6 is 22.9 Å². The lowest BCUT2D eigenvalue weighted by atomic mass is 10.9. The summed E-state index contributed by atoms with van der Waals surface area (Å²) in [6, 6.07) is 0. The van der Waals surface area contributed by atoms with Gasteiger partial charge in [0.15, 0.2) is 0 Å². The van der Waals surface area contributed by atoms with Crippen molar-refractivity contribution >= 4 is 34.5 Å². The SMILES string of the molecule is CC(=O)OS1(CS)C=CN=C1. The first-order valence-electron chi connectivity index (χ1n) is 3.00. The number of carbonyl (C=O) groups excluding carboxylic acids is 1. The van der Waals surface area contributed by atoms with Gasteiger partial charge in [0, 0.05) is 18.5 Å². The number of thiol groups is 1. The molecule has 0 bridgehead atoms. The van der Waals surface area contributed by atoms with Crippen LogP contribution in [0.1, 0.15) is 6.92 Å². The molecule has 3 nitrogen and oxygen atoms in total. The fraction of sp³-hybridized carbons (Fsp3) is 0.333. The average molecular weight is 191 g/mol. The van der Waals surface area contributed by atoms with Gasteiger partial charge in [0.25, 0.3) is 0 Å². The average Bonchev–Trinajstić information content (AvgIpc) is 2.36. The minimum absolute atomic E-state index is 0.285. The van der Waals surface area contributed by atoms with Gasteiger partial charge in [-0.2, -0.15) is 12.6 Å². The molecule has 0 saturated carbocycles. The van der Waals surface area contributed by atoms with Gasteiger partial charge in [0.05, 0.1) is 10.6 Å². The molecule has 11 heavy (non-hydrogen) atoms. The topological polar surface area (TPSA) is 38.7 Å². The molecule has 1 rings (SSSR count). The zero-order valence-corrected chi connectivity index (χ0v) is 7.77. The number of aliphatic imine (C=N–C) groups is 1. The van der Waals surface area contributed by atoms with Crippen molar-refractivity contribution in [3.8, 4) is 0 Å². The first-order valence-corrected chi connectivity index (χ1v) is 5.49. The maximum atomic E-state index is 10.6. The van der Waals surface area contributed by atoms with Crippen molar-refractivity contribution in [2.45, 2.75) is 6.92 Å². The van der Waals surface area contributed by atoms with Gasteiger partial charge in [0.2, 0.25) is 0 Å². The molecule has 62 valence electrons. The molecule has 1 atom stereocenters. The Bertz CT molecular complexity index is 213. The fourth-order valence-electron chi connectivity index (χ4n) is 0.682. The molecule has 1 aliphatic rings. The van der Waals surface area contributed by atoms with E-state index in [2.05, 4.69) is 17.6 Å². The van der Waals surface area contributed by atoms with Crippen molar-refractivity contribution in [3.63, 3.8) is 0 Å². The van der Waals surface area contributed by atoms with Crippen molar-refractivity contribution in [2.24, 2.45) is 4.99 Å². The highest BCUT2D eigenvalue weighted by molar-refractivity contribution is 8.46. The molecule has 0 fully saturated rings. The van der Waals surface area contributed by atoms with Gasteiger partial charge in [0.1, 0.15) is 0 Å². The predicted octanol–water partition coefficient (Wildman–Crippen LogP) is 1.67. The van der Waals surface area contributed by atoms with Crippen LogP contribution in [0.15, 0.2) is 16.6 Å².